The van der Waals surface area contributed by atoms with Crippen LogP contribution in [0, 0.1) is 6.92 Å². The highest BCUT2D eigenvalue weighted by Gasteiger charge is 2.09. The first-order valence-corrected chi connectivity index (χ1v) is 6.76. The van der Waals surface area contributed by atoms with E-state index in [4.69, 9.17) is 5.11 Å². The fraction of sp³-hybridized carbons (Fsp3) is 0.333. The van der Waals surface area contributed by atoms with E-state index in [0.29, 0.717) is 5.69 Å². The maximum Gasteiger partial charge on any atom is 0.234 e. The monoisotopic (exact) mass is 293 g/mol. The van der Waals surface area contributed by atoms with Crippen molar-refractivity contribution in [1.82, 2.24) is 0 Å². The molecule has 1 rings (SSSR count). The summed E-state index contributed by atoms with van der Waals surface area (Å²) in [6.07, 6.45) is 0. The first kappa shape index (κ1) is 12.5. The van der Waals surface area contributed by atoms with Gasteiger partial charge < -0.3 is 5.11 Å². The van der Waals surface area contributed by atoms with Crippen molar-refractivity contribution < 1.29 is 13.5 Å². The Morgan fingerprint density at radius 2 is 2.07 bits per heavy atom. The Bertz CT molecular complexity index is 424. The minimum atomic E-state index is -3.44. The Hall–Kier alpha value is -0.590. The van der Waals surface area contributed by atoms with E-state index < -0.39 is 10.0 Å². The van der Waals surface area contributed by atoms with Gasteiger partial charge in [-0.05, 0) is 30.7 Å². The van der Waals surface area contributed by atoms with Crippen LogP contribution in [0.5, 0.6) is 0 Å². The smallest absolute Gasteiger partial charge is 0.234 e. The zero-order valence-corrected chi connectivity index (χ0v) is 10.6. The van der Waals surface area contributed by atoms with Gasteiger partial charge in [0.05, 0.1) is 12.4 Å². The molecule has 6 heteroatoms. The van der Waals surface area contributed by atoms with E-state index in [1.807, 2.05) is 13.0 Å². The summed E-state index contributed by atoms with van der Waals surface area (Å²) in [6.45, 7) is 1.48. The van der Waals surface area contributed by atoms with Gasteiger partial charge in [0.15, 0.2) is 0 Å². The Morgan fingerprint density at radius 3 is 2.60 bits per heavy atom. The molecule has 0 atom stereocenters. The van der Waals surface area contributed by atoms with Gasteiger partial charge in [-0.3, -0.25) is 4.72 Å². The molecule has 0 aromatic heterocycles. The molecule has 0 unspecified atom stereocenters. The summed E-state index contributed by atoms with van der Waals surface area (Å²) in [5.41, 5.74) is 1.45. The number of nitrogens with one attached hydrogen (secondary N) is 1. The number of rotatable bonds is 4. The number of hydrogen-bond donors (Lipinski definition) is 2. The molecule has 0 heterocycles. The molecule has 0 radical (unpaired) electrons. The van der Waals surface area contributed by atoms with Crippen molar-refractivity contribution in [2.45, 2.75) is 6.92 Å². The molecule has 0 spiro atoms. The van der Waals surface area contributed by atoms with Gasteiger partial charge in [0.25, 0.3) is 0 Å². The SMILES string of the molecule is Cc1cc(Br)cc(NS(=O)(=O)CCO)c1. The van der Waals surface area contributed by atoms with E-state index in [1.165, 1.54) is 0 Å². The van der Waals surface area contributed by atoms with Gasteiger partial charge in [-0.1, -0.05) is 15.9 Å². The lowest BCUT2D eigenvalue weighted by atomic mass is 10.2. The molecule has 0 aliphatic rings. The summed E-state index contributed by atoms with van der Waals surface area (Å²) in [6, 6.07) is 5.27. The van der Waals surface area contributed by atoms with Crippen LogP contribution in [0.1, 0.15) is 5.56 Å². The van der Waals surface area contributed by atoms with Crippen LogP contribution in [0.15, 0.2) is 22.7 Å². The number of aliphatic hydroxyl groups is 1. The summed E-state index contributed by atoms with van der Waals surface area (Å²) < 4.78 is 25.9. The van der Waals surface area contributed by atoms with Crippen molar-refractivity contribution >= 4 is 31.6 Å². The highest BCUT2D eigenvalue weighted by atomic mass is 79.9. The van der Waals surface area contributed by atoms with E-state index in [2.05, 4.69) is 20.7 Å². The lowest BCUT2D eigenvalue weighted by molar-refractivity contribution is 0.320. The van der Waals surface area contributed by atoms with Crippen molar-refractivity contribution in [1.29, 1.82) is 0 Å². The normalized spacial score (nSPS) is 11.4. The van der Waals surface area contributed by atoms with E-state index in [9.17, 15) is 8.42 Å². The zero-order chi connectivity index (χ0) is 11.5. The molecule has 0 amide bonds. The van der Waals surface area contributed by atoms with Crippen molar-refractivity contribution in [3.8, 4) is 0 Å². The summed E-state index contributed by atoms with van der Waals surface area (Å²) >= 11 is 3.28. The fourth-order valence-electron chi connectivity index (χ4n) is 1.15. The van der Waals surface area contributed by atoms with Gasteiger partial charge in [0, 0.05) is 10.2 Å². The van der Waals surface area contributed by atoms with Crippen LogP contribution in [-0.4, -0.2) is 25.9 Å². The molecule has 84 valence electrons. The molecule has 0 aliphatic carbocycles. The Morgan fingerprint density at radius 1 is 1.40 bits per heavy atom. The Labute approximate surface area is 97.5 Å². The van der Waals surface area contributed by atoms with Crippen LogP contribution < -0.4 is 4.72 Å². The third kappa shape index (κ3) is 4.19. The molecule has 2 N–H and O–H groups in total. The number of sulfonamides is 1. The lowest BCUT2D eigenvalue weighted by Gasteiger charge is -2.07. The average molecular weight is 294 g/mol. The molecular weight excluding hydrogens is 282 g/mol. The largest absolute Gasteiger partial charge is 0.395 e. The third-order valence-corrected chi connectivity index (χ3v) is 3.40. The highest BCUT2D eigenvalue weighted by Crippen LogP contribution is 2.19. The number of benzene rings is 1. The molecule has 0 fully saturated rings. The molecule has 15 heavy (non-hydrogen) atoms. The molecule has 0 bridgehead atoms. The quantitative estimate of drug-likeness (QED) is 0.884. The molecule has 0 saturated carbocycles. The van der Waals surface area contributed by atoms with E-state index >= 15 is 0 Å². The molecule has 1 aromatic carbocycles. The van der Waals surface area contributed by atoms with Gasteiger partial charge >= 0.3 is 0 Å². The molecule has 0 saturated heterocycles. The molecular formula is C9H12BrNO3S. The summed E-state index contributed by atoms with van der Waals surface area (Å²) in [5, 5.41) is 8.56. The van der Waals surface area contributed by atoms with Crippen molar-refractivity contribution in [3.05, 3.63) is 28.2 Å². The summed E-state index contributed by atoms with van der Waals surface area (Å²) in [7, 11) is -3.44. The second-order valence-corrected chi connectivity index (χ2v) is 5.92. The fourth-order valence-corrected chi connectivity index (χ4v) is 2.57. The Kier molecular flexibility index (Phi) is 4.12. The average Bonchev–Trinajstić information content (AvgIpc) is 1.99. The minimum absolute atomic E-state index is 0.293. The zero-order valence-electron chi connectivity index (χ0n) is 8.20. The van der Waals surface area contributed by atoms with Crippen LogP contribution >= 0.6 is 15.9 Å². The summed E-state index contributed by atoms with van der Waals surface area (Å²) in [5.74, 6) is -0.293. The third-order valence-electron chi connectivity index (χ3n) is 1.68. The number of aryl methyl sites for hydroxylation is 1. The Balaban J connectivity index is 2.90. The predicted octanol–water partition coefficient (Wildman–Crippen LogP) is 1.49. The maximum absolute atomic E-state index is 11.3. The first-order valence-electron chi connectivity index (χ1n) is 4.31. The van der Waals surface area contributed by atoms with Crippen molar-refractivity contribution in [3.63, 3.8) is 0 Å². The number of anilines is 1. The van der Waals surface area contributed by atoms with Gasteiger partial charge in [-0.2, -0.15) is 0 Å². The van der Waals surface area contributed by atoms with Gasteiger partial charge in [0.1, 0.15) is 0 Å². The van der Waals surface area contributed by atoms with Gasteiger partial charge in [-0.25, -0.2) is 8.42 Å². The predicted molar refractivity (Wildman–Crippen MR) is 63.4 cm³/mol. The van der Waals surface area contributed by atoms with Gasteiger partial charge in [-0.15, -0.1) is 0 Å². The minimum Gasteiger partial charge on any atom is -0.395 e. The molecule has 4 nitrogen and oxygen atoms in total. The standard InChI is InChI=1S/C9H12BrNO3S/c1-7-4-8(10)6-9(5-7)11-15(13,14)3-2-12/h4-6,11-12H,2-3H2,1H3. The number of aliphatic hydroxyl groups excluding tert-OH is 1. The van der Waals surface area contributed by atoms with E-state index in [0.717, 1.165) is 10.0 Å². The second kappa shape index (κ2) is 4.96. The van der Waals surface area contributed by atoms with Crippen LogP contribution in [0.25, 0.3) is 0 Å². The van der Waals surface area contributed by atoms with E-state index in [1.54, 1.807) is 12.1 Å². The van der Waals surface area contributed by atoms with Crippen LogP contribution in [0.2, 0.25) is 0 Å². The number of hydrogen-bond acceptors (Lipinski definition) is 3. The first-order chi connectivity index (χ1) is 6.93. The maximum atomic E-state index is 11.3. The topological polar surface area (TPSA) is 66.4 Å². The van der Waals surface area contributed by atoms with Crippen LogP contribution in [0.4, 0.5) is 5.69 Å². The lowest BCUT2D eigenvalue weighted by Crippen LogP contribution is -2.18. The molecule has 0 aliphatic heterocycles. The highest BCUT2D eigenvalue weighted by molar-refractivity contribution is 9.10. The molecule has 1 aromatic rings. The van der Waals surface area contributed by atoms with Crippen molar-refractivity contribution in [2.75, 3.05) is 17.1 Å². The van der Waals surface area contributed by atoms with Gasteiger partial charge in [0.2, 0.25) is 10.0 Å². The van der Waals surface area contributed by atoms with E-state index in [-0.39, 0.29) is 12.4 Å². The number of halogens is 1. The second-order valence-electron chi connectivity index (χ2n) is 3.16. The van der Waals surface area contributed by atoms with Crippen LogP contribution in [0.3, 0.4) is 0 Å². The van der Waals surface area contributed by atoms with Crippen molar-refractivity contribution in [2.24, 2.45) is 0 Å². The summed E-state index contributed by atoms with van der Waals surface area (Å²) in [4.78, 5) is 0. The van der Waals surface area contributed by atoms with Crippen LogP contribution in [-0.2, 0) is 10.0 Å².